The van der Waals surface area contributed by atoms with Crippen LogP contribution in [0.3, 0.4) is 0 Å². The van der Waals surface area contributed by atoms with E-state index in [0.717, 1.165) is 12.3 Å². The van der Waals surface area contributed by atoms with Gasteiger partial charge in [0.1, 0.15) is 11.9 Å². The minimum Gasteiger partial charge on any atom is -0.369 e. The van der Waals surface area contributed by atoms with E-state index in [9.17, 15) is 0 Å². The van der Waals surface area contributed by atoms with Crippen LogP contribution in [0.15, 0.2) is 12.1 Å². The summed E-state index contributed by atoms with van der Waals surface area (Å²) in [7, 11) is 0. The van der Waals surface area contributed by atoms with Crippen molar-refractivity contribution in [2.24, 2.45) is 0 Å². The number of nitrogens with zero attached hydrogens (tertiary/aromatic N) is 2. The van der Waals surface area contributed by atoms with Gasteiger partial charge in [0.15, 0.2) is 5.69 Å². The van der Waals surface area contributed by atoms with Crippen LogP contribution in [0.4, 0.5) is 5.82 Å². The first-order valence-corrected chi connectivity index (χ1v) is 5.84. The maximum absolute atomic E-state index is 8.69. The van der Waals surface area contributed by atoms with Gasteiger partial charge in [0.25, 0.3) is 0 Å². The highest BCUT2D eigenvalue weighted by atomic mass is 35.5. The lowest BCUT2D eigenvalue weighted by Gasteiger charge is -2.04. The van der Waals surface area contributed by atoms with Crippen molar-refractivity contribution in [3.8, 4) is 6.07 Å². The summed E-state index contributed by atoms with van der Waals surface area (Å²) in [5.41, 5.74) is 0.265. The number of hydrogen-bond acceptors (Lipinski definition) is 4. The molecule has 0 saturated heterocycles. The average Bonchev–Trinajstić information content (AvgIpc) is 2.21. The van der Waals surface area contributed by atoms with Crippen LogP contribution in [0.25, 0.3) is 0 Å². The molecule has 0 aromatic carbocycles. The first kappa shape index (κ1) is 11.2. The van der Waals surface area contributed by atoms with E-state index in [2.05, 4.69) is 10.3 Å². The predicted octanol–water partition coefficient (Wildman–Crippen LogP) is 2.38. The van der Waals surface area contributed by atoms with Crippen molar-refractivity contribution in [2.45, 2.75) is 0 Å². The number of hydrogen-bond donors (Lipinski definition) is 1. The van der Waals surface area contributed by atoms with E-state index >= 15 is 0 Å². The van der Waals surface area contributed by atoms with E-state index in [1.165, 1.54) is 0 Å². The van der Waals surface area contributed by atoms with Gasteiger partial charge in [0, 0.05) is 12.3 Å². The van der Waals surface area contributed by atoms with Crippen molar-refractivity contribution < 1.29 is 0 Å². The molecule has 0 atom stereocenters. The topological polar surface area (TPSA) is 48.7 Å². The molecule has 1 heterocycles. The smallest absolute Gasteiger partial charge is 0.161 e. The lowest BCUT2D eigenvalue weighted by Crippen LogP contribution is -2.05. The lowest BCUT2D eigenvalue weighted by molar-refractivity contribution is 1.16. The number of rotatable bonds is 4. The van der Waals surface area contributed by atoms with E-state index in [0.29, 0.717) is 10.8 Å². The second-order valence-electron chi connectivity index (χ2n) is 2.56. The Hall–Kier alpha value is -0.920. The zero-order chi connectivity index (χ0) is 10.4. The third-order valence-corrected chi connectivity index (χ3v) is 2.48. The summed E-state index contributed by atoms with van der Waals surface area (Å²) in [6.07, 6.45) is 2.04. The van der Waals surface area contributed by atoms with Gasteiger partial charge in [-0.2, -0.15) is 17.0 Å². The predicted molar refractivity (Wildman–Crippen MR) is 60.8 cm³/mol. The van der Waals surface area contributed by atoms with Gasteiger partial charge < -0.3 is 5.32 Å². The molecule has 1 aromatic rings. The molecular formula is C9H10ClN3S. The number of aromatic nitrogens is 1. The minimum absolute atomic E-state index is 0.265. The van der Waals surface area contributed by atoms with E-state index in [-0.39, 0.29) is 5.69 Å². The second-order valence-corrected chi connectivity index (χ2v) is 3.95. The fourth-order valence-corrected chi connectivity index (χ4v) is 1.35. The molecule has 3 nitrogen and oxygen atoms in total. The summed E-state index contributed by atoms with van der Waals surface area (Å²) in [4.78, 5) is 4.05. The van der Waals surface area contributed by atoms with Crippen LogP contribution in [0.1, 0.15) is 5.69 Å². The monoisotopic (exact) mass is 227 g/mol. The zero-order valence-corrected chi connectivity index (χ0v) is 9.32. The van der Waals surface area contributed by atoms with Crippen molar-refractivity contribution in [1.29, 1.82) is 5.26 Å². The highest BCUT2D eigenvalue weighted by molar-refractivity contribution is 7.98. The third kappa shape index (κ3) is 3.09. The lowest BCUT2D eigenvalue weighted by atomic mass is 10.3. The maximum Gasteiger partial charge on any atom is 0.161 e. The van der Waals surface area contributed by atoms with Gasteiger partial charge in [0.2, 0.25) is 0 Å². The molecular weight excluding hydrogens is 218 g/mol. The second kappa shape index (κ2) is 5.74. The molecule has 0 fully saturated rings. The standard InChI is InChI=1S/C9H10ClN3S/c1-14-5-4-12-9-3-2-7(10)8(6-11)13-9/h2-3H,4-5H2,1H3,(H,12,13). The van der Waals surface area contributed by atoms with Crippen molar-refractivity contribution >= 4 is 29.2 Å². The highest BCUT2D eigenvalue weighted by Crippen LogP contribution is 2.15. The van der Waals surface area contributed by atoms with Crippen LogP contribution < -0.4 is 5.32 Å². The van der Waals surface area contributed by atoms with Crippen LogP contribution in [0.5, 0.6) is 0 Å². The van der Waals surface area contributed by atoms with Gasteiger partial charge in [-0.05, 0) is 18.4 Å². The molecule has 5 heteroatoms. The van der Waals surface area contributed by atoms with E-state index in [1.807, 2.05) is 12.3 Å². The first-order valence-electron chi connectivity index (χ1n) is 4.07. The molecule has 1 rings (SSSR count). The van der Waals surface area contributed by atoms with Crippen LogP contribution in [0.2, 0.25) is 5.02 Å². The van der Waals surface area contributed by atoms with Crippen LogP contribution in [-0.2, 0) is 0 Å². The summed E-state index contributed by atoms with van der Waals surface area (Å²) in [6.45, 7) is 0.834. The summed E-state index contributed by atoms with van der Waals surface area (Å²) in [6, 6.07) is 5.38. The minimum atomic E-state index is 0.265. The quantitative estimate of drug-likeness (QED) is 0.803. The number of halogens is 1. The van der Waals surface area contributed by atoms with Crippen LogP contribution >= 0.6 is 23.4 Å². The molecule has 0 saturated carbocycles. The Bertz CT molecular complexity index is 348. The zero-order valence-electron chi connectivity index (χ0n) is 7.75. The average molecular weight is 228 g/mol. The molecule has 1 N–H and O–H groups in total. The molecule has 74 valence electrons. The number of pyridine rings is 1. The SMILES string of the molecule is CSCCNc1ccc(Cl)c(C#N)n1. The maximum atomic E-state index is 8.69. The first-order chi connectivity index (χ1) is 6.77. The Morgan fingerprint density at radius 2 is 2.43 bits per heavy atom. The highest BCUT2D eigenvalue weighted by Gasteiger charge is 2.01. The molecule has 0 unspecified atom stereocenters. The Balaban J connectivity index is 2.66. The third-order valence-electron chi connectivity index (χ3n) is 1.56. The van der Waals surface area contributed by atoms with Crippen molar-refractivity contribution in [1.82, 2.24) is 4.98 Å². The molecule has 0 spiro atoms. The van der Waals surface area contributed by atoms with E-state index < -0.39 is 0 Å². The largest absolute Gasteiger partial charge is 0.369 e. The van der Waals surface area contributed by atoms with Gasteiger partial charge in [0.05, 0.1) is 5.02 Å². The van der Waals surface area contributed by atoms with Gasteiger partial charge in [-0.1, -0.05) is 11.6 Å². The van der Waals surface area contributed by atoms with Crippen molar-refractivity contribution in [3.63, 3.8) is 0 Å². The fraction of sp³-hybridized carbons (Fsp3) is 0.333. The van der Waals surface area contributed by atoms with Crippen LogP contribution in [-0.4, -0.2) is 23.5 Å². The number of nitriles is 1. The molecule has 0 aliphatic heterocycles. The molecule has 14 heavy (non-hydrogen) atoms. The summed E-state index contributed by atoms with van der Waals surface area (Å²) < 4.78 is 0. The molecule has 0 radical (unpaired) electrons. The number of anilines is 1. The molecule has 1 aromatic heterocycles. The molecule has 0 bridgehead atoms. The van der Waals surface area contributed by atoms with Gasteiger partial charge in [-0.15, -0.1) is 0 Å². The van der Waals surface area contributed by atoms with Gasteiger partial charge >= 0.3 is 0 Å². The number of nitrogens with one attached hydrogen (secondary N) is 1. The Kier molecular flexibility index (Phi) is 4.57. The van der Waals surface area contributed by atoms with Crippen molar-refractivity contribution in [2.75, 3.05) is 23.9 Å². The summed E-state index contributed by atoms with van der Waals surface area (Å²) in [5.74, 6) is 1.70. The van der Waals surface area contributed by atoms with Crippen molar-refractivity contribution in [3.05, 3.63) is 22.8 Å². The Morgan fingerprint density at radius 3 is 3.07 bits per heavy atom. The van der Waals surface area contributed by atoms with E-state index in [1.54, 1.807) is 23.9 Å². The van der Waals surface area contributed by atoms with Gasteiger partial charge in [-0.25, -0.2) is 4.98 Å². The normalized spacial score (nSPS) is 9.50. The molecule has 0 aliphatic carbocycles. The van der Waals surface area contributed by atoms with E-state index in [4.69, 9.17) is 16.9 Å². The Morgan fingerprint density at radius 1 is 1.64 bits per heavy atom. The Labute approximate surface area is 92.5 Å². The summed E-state index contributed by atoms with van der Waals surface area (Å²) in [5, 5.41) is 12.2. The van der Waals surface area contributed by atoms with Gasteiger partial charge in [-0.3, -0.25) is 0 Å². The van der Waals surface area contributed by atoms with Crippen LogP contribution in [0, 0.1) is 11.3 Å². The molecule has 0 aliphatic rings. The summed E-state index contributed by atoms with van der Waals surface area (Å²) >= 11 is 7.49. The molecule has 0 amide bonds. The number of thioether (sulfide) groups is 1. The fourth-order valence-electron chi connectivity index (χ4n) is 0.900.